The Balaban J connectivity index is 3.22. The third kappa shape index (κ3) is 13.7. The smallest absolute Gasteiger partial charge is 0.307 e. The van der Waals surface area contributed by atoms with E-state index in [0.29, 0.717) is 13.0 Å². The molecule has 0 spiro atoms. The Morgan fingerprint density at radius 2 is 1.47 bits per heavy atom. The monoisotopic (exact) mass is 271 g/mol. The SMILES string of the molecule is CCCCCCCCCCCC(N)CC(=O)OCC. The maximum atomic E-state index is 11.2. The molecule has 0 radical (unpaired) electrons. The topological polar surface area (TPSA) is 52.3 Å². The van der Waals surface area contributed by atoms with Crippen molar-refractivity contribution in [2.45, 2.75) is 90.5 Å². The van der Waals surface area contributed by atoms with Gasteiger partial charge in [-0.05, 0) is 13.3 Å². The fourth-order valence-corrected chi connectivity index (χ4v) is 2.25. The molecule has 0 aliphatic heterocycles. The number of carbonyl (C=O) groups is 1. The molecule has 0 aliphatic carbocycles. The summed E-state index contributed by atoms with van der Waals surface area (Å²) in [6, 6.07) is -0.0244. The lowest BCUT2D eigenvalue weighted by atomic mass is 10.0. The molecule has 0 fully saturated rings. The first-order chi connectivity index (χ1) is 9.20. The van der Waals surface area contributed by atoms with E-state index >= 15 is 0 Å². The van der Waals surface area contributed by atoms with Crippen LogP contribution in [-0.2, 0) is 9.53 Å². The highest BCUT2D eigenvalue weighted by molar-refractivity contribution is 5.70. The number of hydrogen-bond acceptors (Lipinski definition) is 3. The fraction of sp³-hybridized carbons (Fsp3) is 0.938. The van der Waals surface area contributed by atoms with Crippen molar-refractivity contribution in [2.24, 2.45) is 5.73 Å². The van der Waals surface area contributed by atoms with E-state index in [0.717, 1.165) is 12.8 Å². The van der Waals surface area contributed by atoms with Crippen LogP contribution in [0.1, 0.15) is 84.5 Å². The average Bonchev–Trinajstić information content (AvgIpc) is 2.37. The van der Waals surface area contributed by atoms with Crippen molar-refractivity contribution in [3.8, 4) is 0 Å². The Labute approximate surface area is 119 Å². The molecule has 0 rings (SSSR count). The Bertz CT molecular complexity index is 207. The molecule has 0 bridgehead atoms. The van der Waals surface area contributed by atoms with E-state index in [9.17, 15) is 4.79 Å². The zero-order valence-corrected chi connectivity index (χ0v) is 13.0. The van der Waals surface area contributed by atoms with Crippen LogP contribution in [0.15, 0.2) is 0 Å². The molecule has 114 valence electrons. The number of rotatable bonds is 13. The van der Waals surface area contributed by atoms with Crippen molar-refractivity contribution in [3.05, 3.63) is 0 Å². The van der Waals surface area contributed by atoms with Gasteiger partial charge in [0.25, 0.3) is 0 Å². The quantitative estimate of drug-likeness (QED) is 0.404. The van der Waals surface area contributed by atoms with Gasteiger partial charge in [-0.15, -0.1) is 0 Å². The molecule has 0 heterocycles. The van der Waals surface area contributed by atoms with Crippen molar-refractivity contribution < 1.29 is 9.53 Å². The lowest BCUT2D eigenvalue weighted by molar-refractivity contribution is -0.143. The Morgan fingerprint density at radius 3 is 2.00 bits per heavy atom. The molecule has 1 atom stereocenters. The normalized spacial score (nSPS) is 12.4. The van der Waals surface area contributed by atoms with Crippen LogP contribution >= 0.6 is 0 Å². The molecule has 0 aliphatic rings. The van der Waals surface area contributed by atoms with Crippen LogP contribution in [-0.4, -0.2) is 18.6 Å². The van der Waals surface area contributed by atoms with Crippen molar-refractivity contribution in [1.82, 2.24) is 0 Å². The lowest BCUT2D eigenvalue weighted by Crippen LogP contribution is -2.24. The molecule has 0 amide bonds. The van der Waals surface area contributed by atoms with Gasteiger partial charge in [0.2, 0.25) is 0 Å². The minimum absolute atomic E-state index is 0.0244. The largest absolute Gasteiger partial charge is 0.466 e. The third-order valence-electron chi connectivity index (χ3n) is 3.41. The Morgan fingerprint density at radius 1 is 0.947 bits per heavy atom. The van der Waals surface area contributed by atoms with E-state index in [1.807, 2.05) is 6.92 Å². The maximum Gasteiger partial charge on any atom is 0.307 e. The number of nitrogens with two attached hydrogens (primary N) is 1. The summed E-state index contributed by atoms with van der Waals surface area (Å²) >= 11 is 0. The van der Waals surface area contributed by atoms with E-state index in [2.05, 4.69) is 6.92 Å². The number of ether oxygens (including phenoxy) is 1. The molecule has 19 heavy (non-hydrogen) atoms. The first-order valence-corrected chi connectivity index (χ1v) is 8.11. The van der Waals surface area contributed by atoms with E-state index in [-0.39, 0.29) is 12.0 Å². The Hall–Kier alpha value is -0.570. The number of unbranched alkanes of at least 4 members (excludes halogenated alkanes) is 8. The van der Waals surface area contributed by atoms with Crippen LogP contribution in [0.25, 0.3) is 0 Å². The summed E-state index contributed by atoms with van der Waals surface area (Å²) in [4.78, 5) is 11.2. The Kier molecular flexibility index (Phi) is 13.4. The molecule has 0 aromatic rings. The summed E-state index contributed by atoms with van der Waals surface area (Å²) in [5.41, 5.74) is 5.90. The first kappa shape index (κ1) is 18.4. The molecule has 2 N–H and O–H groups in total. The highest BCUT2D eigenvalue weighted by Gasteiger charge is 2.09. The second-order valence-electron chi connectivity index (χ2n) is 5.39. The van der Waals surface area contributed by atoms with Gasteiger partial charge in [0, 0.05) is 6.04 Å². The number of carbonyl (C=O) groups excluding carboxylic acids is 1. The zero-order valence-electron chi connectivity index (χ0n) is 13.0. The van der Waals surface area contributed by atoms with Crippen LogP contribution in [0.2, 0.25) is 0 Å². The molecule has 0 aromatic carbocycles. The predicted molar refractivity (Wildman–Crippen MR) is 81.1 cm³/mol. The first-order valence-electron chi connectivity index (χ1n) is 8.11. The van der Waals surface area contributed by atoms with Crippen LogP contribution in [0.3, 0.4) is 0 Å². The fourth-order valence-electron chi connectivity index (χ4n) is 2.25. The minimum atomic E-state index is -0.161. The van der Waals surface area contributed by atoms with Crippen LogP contribution in [0, 0.1) is 0 Å². The standard InChI is InChI=1S/C16H33NO2/c1-3-5-6-7-8-9-10-11-12-13-15(17)14-16(18)19-4-2/h15H,3-14,17H2,1-2H3. The summed E-state index contributed by atoms with van der Waals surface area (Å²) in [7, 11) is 0. The van der Waals surface area contributed by atoms with Gasteiger partial charge >= 0.3 is 5.97 Å². The van der Waals surface area contributed by atoms with E-state index < -0.39 is 0 Å². The van der Waals surface area contributed by atoms with Crippen molar-refractivity contribution >= 4 is 5.97 Å². The molecular formula is C16H33NO2. The van der Waals surface area contributed by atoms with Gasteiger partial charge in [0.1, 0.15) is 0 Å². The summed E-state index contributed by atoms with van der Waals surface area (Å²) in [5, 5.41) is 0. The average molecular weight is 271 g/mol. The van der Waals surface area contributed by atoms with Crippen LogP contribution in [0.4, 0.5) is 0 Å². The summed E-state index contributed by atoms with van der Waals surface area (Å²) < 4.78 is 4.89. The van der Waals surface area contributed by atoms with Crippen LogP contribution < -0.4 is 5.73 Å². The van der Waals surface area contributed by atoms with Crippen molar-refractivity contribution in [3.63, 3.8) is 0 Å². The second-order valence-corrected chi connectivity index (χ2v) is 5.39. The van der Waals surface area contributed by atoms with Gasteiger partial charge in [-0.2, -0.15) is 0 Å². The second kappa shape index (κ2) is 13.9. The molecule has 3 heteroatoms. The predicted octanol–water partition coefficient (Wildman–Crippen LogP) is 4.19. The highest BCUT2D eigenvalue weighted by Crippen LogP contribution is 2.11. The highest BCUT2D eigenvalue weighted by atomic mass is 16.5. The van der Waals surface area contributed by atoms with E-state index in [1.54, 1.807) is 0 Å². The zero-order chi connectivity index (χ0) is 14.3. The summed E-state index contributed by atoms with van der Waals surface area (Å²) in [5.74, 6) is -0.161. The van der Waals surface area contributed by atoms with Gasteiger partial charge in [-0.3, -0.25) is 4.79 Å². The van der Waals surface area contributed by atoms with Gasteiger partial charge in [-0.1, -0.05) is 64.7 Å². The van der Waals surface area contributed by atoms with E-state index in [1.165, 1.54) is 51.4 Å². The lowest BCUT2D eigenvalue weighted by Gasteiger charge is -2.10. The molecule has 1 unspecified atom stereocenters. The van der Waals surface area contributed by atoms with Crippen molar-refractivity contribution in [2.75, 3.05) is 6.61 Å². The summed E-state index contributed by atoms with van der Waals surface area (Å²) in [6.07, 6.45) is 13.2. The van der Waals surface area contributed by atoms with Crippen molar-refractivity contribution in [1.29, 1.82) is 0 Å². The van der Waals surface area contributed by atoms with Gasteiger partial charge in [0.05, 0.1) is 13.0 Å². The number of hydrogen-bond donors (Lipinski definition) is 1. The minimum Gasteiger partial charge on any atom is -0.466 e. The molecule has 3 nitrogen and oxygen atoms in total. The van der Waals surface area contributed by atoms with Gasteiger partial charge in [0.15, 0.2) is 0 Å². The van der Waals surface area contributed by atoms with E-state index in [4.69, 9.17) is 10.5 Å². The third-order valence-corrected chi connectivity index (χ3v) is 3.41. The van der Waals surface area contributed by atoms with Gasteiger partial charge in [-0.25, -0.2) is 0 Å². The summed E-state index contributed by atoms with van der Waals surface area (Å²) in [6.45, 7) is 4.52. The number of esters is 1. The molecule has 0 saturated heterocycles. The molecule has 0 saturated carbocycles. The molecular weight excluding hydrogens is 238 g/mol. The maximum absolute atomic E-state index is 11.2. The molecule has 0 aromatic heterocycles. The van der Waals surface area contributed by atoms with Gasteiger partial charge < -0.3 is 10.5 Å². The van der Waals surface area contributed by atoms with Crippen LogP contribution in [0.5, 0.6) is 0 Å².